The van der Waals surface area contributed by atoms with E-state index in [9.17, 15) is 14.4 Å². The Morgan fingerprint density at radius 3 is 2.56 bits per heavy atom. The van der Waals surface area contributed by atoms with Gasteiger partial charge in [0, 0.05) is 17.5 Å². The zero-order chi connectivity index (χ0) is 18.6. The van der Waals surface area contributed by atoms with E-state index in [2.05, 4.69) is 15.3 Å². The molecular formula is C16H20N4O4S. The van der Waals surface area contributed by atoms with E-state index in [4.69, 9.17) is 10.5 Å². The lowest BCUT2D eigenvalue weighted by atomic mass is 9.86. The Morgan fingerprint density at radius 1 is 1.32 bits per heavy atom. The highest BCUT2D eigenvalue weighted by atomic mass is 32.1. The van der Waals surface area contributed by atoms with Crippen LogP contribution in [0.15, 0.2) is 11.0 Å². The average molecular weight is 364 g/mol. The smallest absolute Gasteiger partial charge is 0.323 e. The van der Waals surface area contributed by atoms with Crippen LogP contribution in [0, 0.1) is 0 Å². The topological polar surface area (TPSA) is 130 Å². The van der Waals surface area contributed by atoms with Crippen molar-refractivity contribution < 1.29 is 14.3 Å². The summed E-state index contributed by atoms with van der Waals surface area (Å²) < 4.78 is 6.12. The van der Waals surface area contributed by atoms with Crippen LogP contribution in [0.3, 0.4) is 0 Å². The molecule has 0 radical (unpaired) electrons. The van der Waals surface area contributed by atoms with Crippen molar-refractivity contribution in [2.24, 2.45) is 5.73 Å². The summed E-state index contributed by atoms with van der Waals surface area (Å²) in [5, 5.41) is 3.04. The third-order valence-electron chi connectivity index (χ3n) is 4.00. The summed E-state index contributed by atoms with van der Waals surface area (Å²) in [5.74, 6) is -1.14. The standard InChI is InChI=1S/C16H20N4O4S/c1-15(2)5-7-9(11(17)21)13(25-10(7)16(3,4)24-15)20-12(22)8-6-18-14(23)19-8/h6H,5H2,1-4H3,(H2,17,21)(H,20,22)(H2,18,19,23). The van der Waals surface area contributed by atoms with Crippen molar-refractivity contribution in [3.8, 4) is 0 Å². The van der Waals surface area contributed by atoms with Crippen LogP contribution in [0.2, 0.25) is 0 Å². The fourth-order valence-corrected chi connectivity index (χ4v) is 4.55. The van der Waals surface area contributed by atoms with Crippen LogP contribution < -0.4 is 16.7 Å². The number of thiophene rings is 1. The number of anilines is 1. The fraction of sp³-hybridized carbons (Fsp3) is 0.438. The molecule has 134 valence electrons. The third kappa shape index (κ3) is 3.12. The number of aromatic nitrogens is 2. The maximum absolute atomic E-state index is 12.3. The van der Waals surface area contributed by atoms with Gasteiger partial charge in [0.1, 0.15) is 10.7 Å². The number of ether oxygens (including phenoxy) is 1. The number of H-pyrrole nitrogens is 2. The lowest BCUT2D eigenvalue weighted by molar-refractivity contribution is -0.135. The number of imidazole rings is 1. The quantitative estimate of drug-likeness (QED) is 0.660. The molecule has 0 bridgehead atoms. The molecule has 0 atom stereocenters. The summed E-state index contributed by atoms with van der Waals surface area (Å²) in [4.78, 5) is 41.2. The van der Waals surface area contributed by atoms with Crippen LogP contribution >= 0.6 is 11.3 Å². The molecule has 8 nitrogen and oxygen atoms in total. The minimum absolute atomic E-state index is 0.0719. The highest BCUT2D eigenvalue weighted by Crippen LogP contribution is 2.48. The Morgan fingerprint density at radius 2 is 2.00 bits per heavy atom. The highest BCUT2D eigenvalue weighted by Gasteiger charge is 2.42. The maximum atomic E-state index is 12.3. The number of hydrogen-bond donors (Lipinski definition) is 4. The number of primary amides is 1. The van der Waals surface area contributed by atoms with Gasteiger partial charge in [-0.05, 0) is 33.3 Å². The Bertz CT molecular complexity index is 919. The van der Waals surface area contributed by atoms with E-state index in [0.717, 1.165) is 10.4 Å². The number of rotatable bonds is 3. The van der Waals surface area contributed by atoms with Crippen LogP contribution in [0.5, 0.6) is 0 Å². The molecule has 0 spiro atoms. The number of carbonyl (C=O) groups excluding carboxylic acids is 2. The van der Waals surface area contributed by atoms with E-state index in [1.54, 1.807) is 0 Å². The van der Waals surface area contributed by atoms with Crippen molar-refractivity contribution in [2.45, 2.75) is 45.3 Å². The van der Waals surface area contributed by atoms with Gasteiger partial charge in [-0.25, -0.2) is 4.79 Å². The van der Waals surface area contributed by atoms with Crippen LogP contribution in [-0.2, 0) is 16.8 Å². The fourth-order valence-electron chi connectivity index (χ4n) is 3.29. The molecule has 3 rings (SSSR count). The van der Waals surface area contributed by atoms with Crippen LogP contribution in [0.4, 0.5) is 5.00 Å². The second-order valence-electron chi connectivity index (χ2n) is 7.14. The van der Waals surface area contributed by atoms with Crippen molar-refractivity contribution in [2.75, 3.05) is 5.32 Å². The predicted molar refractivity (Wildman–Crippen MR) is 94.1 cm³/mol. The number of carbonyl (C=O) groups is 2. The van der Waals surface area contributed by atoms with Crippen LogP contribution in [0.25, 0.3) is 0 Å². The predicted octanol–water partition coefficient (Wildman–Crippen LogP) is 1.70. The summed E-state index contributed by atoms with van der Waals surface area (Å²) >= 11 is 1.27. The van der Waals surface area contributed by atoms with Gasteiger partial charge in [-0.15, -0.1) is 11.3 Å². The minimum atomic E-state index is -0.614. The lowest BCUT2D eigenvalue weighted by Crippen LogP contribution is -2.42. The molecule has 5 N–H and O–H groups in total. The van der Waals surface area contributed by atoms with Gasteiger partial charge in [0.2, 0.25) is 0 Å². The molecule has 0 unspecified atom stereocenters. The summed E-state index contributed by atoms with van der Waals surface area (Å²) in [7, 11) is 0. The Balaban J connectivity index is 2.07. The first kappa shape index (κ1) is 17.4. The van der Waals surface area contributed by atoms with Gasteiger partial charge in [0.25, 0.3) is 11.8 Å². The van der Waals surface area contributed by atoms with Crippen LogP contribution in [0.1, 0.15) is 59.0 Å². The number of nitrogens with two attached hydrogens (primary N) is 1. The number of fused-ring (bicyclic) bond motifs is 1. The van der Waals surface area contributed by atoms with E-state index in [0.29, 0.717) is 17.0 Å². The molecule has 1 aliphatic heterocycles. The minimum Gasteiger partial charge on any atom is -0.365 e. The largest absolute Gasteiger partial charge is 0.365 e. The van der Waals surface area contributed by atoms with E-state index >= 15 is 0 Å². The van der Waals surface area contributed by atoms with Crippen molar-refractivity contribution in [1.29, 1.82) is 0 Å². The summed E-state index contributed by atoms with van der Waals surface area (Å²) in [6.45, 7) is 7.73. The molecule has 1 aliphatic rings. The molecule has 2 amide bonds. The average Bonchev–Trinajstić information content (AvgIpc) is 3.01. The Hall–Kier alpha value is -2.39. The van der Waals surface area contributed by atoms with Crippen molar-refractivity contribution in [3.05, 3.63) is 38.4 Å². The van der Waals surface area contributed by atoms with Gasteiger partial charge in [-0.3, -0.25) is 9.59 Å². The summed E-state index contributed by atoms with van der Waals surface area (Å²) in [6, 6.07) is 0. The lowest BCUT2D eigenvalue weighted by Gasteiger charge is -2.41. The number of nitrogens with one attached hydrogen (secondary N) is 3. The monoisotopic (exact) mass is 364 g/mol. The van der Waals surface area contributed by atoms with Gasteiger partial charge in [-0.2, -0.15) is 0 Å². The normalized spacial score (nSPS) is 17.8. The van der Waals surface area contributed by atoms with E-state index in [1.165, 1.54) is 17.5 Å². The van der Waals surface area contributed by atoms with Gasteiger partial charge in [0.15, 0.2) is 0 Å². The Kier molecular flexibility index (Phi) is 3.88. The van der Waals surface area contributed by atoms with Crippen molar-refractivity contribution in [3.63, 3.8) is 0 Å². The third-order valence-corrected chi connectivity index (χ3v) is 5.45. The van der Waals surface area contributed by atoms with Gasteiger partial charge >= 0.3 is 5.69 Å². The molecule has 0 saturated heterocycles. The first-order valence-corrected chi connectivity index (χ1v) is 8.57. The second-order valence-corrected chi connectivity index (χ2v) is 8.16. The maximum Gasteiger partial charge on any atom is 0.323 e. The summed E-state index contributed by atoms with van der Waals surface area (Å²) in [6.07, 6.45) is 1.78. The van der Waals surface area contributed by atoms with Crippen molar-refractivity contribution >= 4 is 28.2 Å². The number of amides is 2. The molecule has 0 aromatic carbocycles. The molecule has 0 fully saturated rings. The van der Waals surface area contributed by atoms with Gasteiger partial charge in [0.05, 0.1) is 16.8 Å². The number of aromatic amines is 2. The molecule has 2 aromatic heterocycles. The van der Waals surface area contributed by atoms with Gasteiger partial charge < -0.3 is 25.8 Å². The van der Waals surface area contributed by atoms with Gasteiger partial charge in [-0.1, -0.05) is 0 Å². The number of hydrogen-bond acceptors (Lipinski definition) is 5. The first-order chi connectivity index (χ1) is 11.5. The molecule has 0 saturated carbocycles. The van der Waals surface area contributed by atoms with Crippen LogP contribution in [-0.4, -0.2) is 27.4 Å². The van der Waals surface area contributed by atoms with E-state index in [1.807, 2.05) is 27.7 Å². The molecule has 9 heteroatoms. The van der Waals surface area contributed by atoms with E-state index in [-0.39, 0.29) is 5.69 Å². The summed E-state index contributed by atoms with van der Waals surface area (Å²) in [5.41, 5.74) is 5.20. The highest BCUT2D eigenvalue weighted by molar-refractivity contribution is 7.17. The second kappa shape index (κ2) is 5.57. The molecular weight excluding hydrogens is 344 g/mol. The zero-order valence-corrected chi connectivity index (χ0v) is 15.2. The molecule has 0 aliphatic carbocycles. The molecule has 3 heterocycles. The molecule has 25 heavy (non-hydrogen) atoms. The molecule has 2 aromatic rings. The van der Waals surface area contributed by atoms with Crippen molar-refractivity contribution in [1.82, 2.24) is 9.97 Å². The SMILES string of the molecule is CC1(C)Cc2c(sc(NC(=O)c3c[nH]c(=O)[nH]3)c2C(N)=O)C(C)(C)O1. The zero-order valence-electron chi connectivity index (χ0n) is 14.4. The Labute approximate surface area is 147 Å². The first-order valence-electron chi connectivity index (χ1n) is 7.75. The van der Waals surface area contributed by atoms with E-state index < -0.39 is 28.7 Å².